The number of hydrogen-bond acceptors (Lipinski definition) is 2. The summed E-state index contributed by atoms with van der Waals surface area (Å²) in [6.07, 6.45) is 8.78. The number of hydrogen-bond donors (Lipinski definition) is 0. The van der Waals surface area contributed by atoms with Crippen molar-refractivity contribution in [1.29, 1.82) is 0 Å². The van der Waals surface area contributed by atoms with Gasteiger partial charge in [0.2, 0.25) is 0 Å². The molecule has 0 aromatic heterocycles. The van der Waals surface area contributed by atoms with Crippen molar-refractivity contribution >= 4 is 5.97 Å². The maximum atomic E-state index is 11.6. The van der Waals surface area contributed by atoms with Gasteiger partial charge in [0.25, 0.3) is 0 Å². The van der Waals surface area contributed by atoms with Gasteiger partial charge in [0.15, 0.2) is 0 Å². The van der Waals surface area contributed by atoms with Crippen LogP contribution >= 0.6 is 0 Å². The lowest BCUT2D eigenvalue weighted by Crippen LogP contribution is -2.04. The molecule has 0 atom stereocenters. The molecule has 112 valence electrons. The minimum Gasteiger partial charge on any atom is -0.461 e. The quantitative estimate of drug-likeness (QED) is 0.442. The summed E-state index contributed by atoms with van der Waals surface area (Å²) in [6, 6.07) is 8.27. The van der Waals surface area contributed by atoms with Gasteiger partial charge in [-0.2, -0.15) is 0 Å². The van der Waals surface area contributed by atoms with Crippen molar-refractivity contribution < 1.29 is 9.53 Å². The molecule has 0 amide bonds. The fourth-order valence-corrected chi connectivity index (χ4v) is 2.16. The number of esters is 1. The second-order valence-electron chi connectivity index (χ2n) is 5.35. The molecule has 0 aliphatic heterocycles. The molecule has 0 aliphatic rings. The van der Waals surface area contributed by atoms with Gasteiger partial charge in [0.1, 0.15) is 6.61 Å². The molecule has 0 saturated heterocycles. The van der Waals surface area contributed by atoms with Crippen LogP contribution in [-0.2, 0) is 22.6 Å². The molecule has 1 rings (SSSR count). The standard InChI is InChI=1S/C18H28O2/c1-3-5-6-7-8-9-10-18(19)20-15-17-13-11-16(4-2)12-14-17/h11-14H,3-10,15H2,1-2H3. The lowest BCUT2D eigenvalue weighted by atomic mass is 10.1. The summed E-state index contributed by atoms with van der Waals surface area (Å²) in [7, 11) is 0. The monoisotopic (exact) mass is 276 g/mol. The molecule has 0 fully saturated rings. The Kier molecular flexibility index (Phi) is 8.77. The summed E-state index contributed by atoms with van der Waals surface area (Å²) in [5.74, 6) is -0.0694. The predicted molar refractivity (Wildman–Crippen MR) is 83.6 cm³/mol. The Morgan fingerprint density at radius 2 is 1.50 bits per heavy atom. The van der Waals surface area contributed by atoms with E-state index in [0.29, 0.717) is 13.0 Å². The number of unbranched alkanes of at least 4 members (excludes halogenated alkanes) is 5. The van der Waals surface area contributed by atoms with Gasteiger partial charge in [-0.1, -0.05) is 70.2 Å². The second kappa shape index (κ2) is 10.5. The van der Waals surface area contributed by atoms with Crippen molar-refractivity contribution in [1.82, 2.24) is 0 Å². The van der Waals surface area contributed by atoms with Gasteiger partial charge in [-0.15, -0.1) is 0 Å². The van der Waals surface area contributed by atoms with Crippen LogP contribution in [0.2, 0.25) is 0 Å². The molecular weight excluding hydrogens is 248 g/mol. The number of rotatable bonds is 10. The summed E-state index contributed by atoms with van der Waals surface area (Å²) in [4.78, 5) is 11.6. The van der Waals surface area contributed by atoms with Crippen molar-refractivity contribution in [3.8, 4) is 0 Å². The average Bonchev–Trinajstić information content (AvgIpc) is 2.49. The van der Waals surface area contributed by atoms with E-state index in [1.165, 1.54) is 31.2 Å². The van der Waals surface area contributed by atoms with E-state index in [0.717, 1.165) is 24.8 Å². The van der Waals surface area contributed by atoms with Gasteiger partial charge < -0.3 is 4.74 Å². The van der Waals surface area contributed by atoms with Gasteiger partial charge in [-0.05, 0) is 24.0 Å². The van der Waals surface area contributed by atoms with Crippen LogP contribution in [0.4, 0.5) is 0 Å². The van der Waals surface area contributed by atoms with Crippen molar-refractivity contribution in [3.05, 3.63) is 35.4 Å². The van der Waals surface area contributed by atoms with Crippen LogP contribution in [0.1, 0.15) is 69.9 Å². The second-order valence-corrected chi connectivity index (χ2v) is 5.35. The first kappa shape index (κ1) is 16.7. The first-order valence-electron chi connectivity index (χ1n) is 7.99. The normalized spacial score (nSPS) is 10.5. The van der Waals surface area contributed by atoms with Crippen LogP contribution in [0.15, 0.2) is 24.3 Å². The van der Waals surface area contributed by atoms with E-state index in [-0.39, 0.29) is 5.97 Å². The third kappa shape index (κ3) is 7.32. The van der Waals surface area contributed by atoms with Crippen LogP contribution in [-0.4, -0.2) is 5.97 Å². The van der Waals surface area contributed by atoms with E-state index in [2.05, 4.69) is 26.0 Å². The molecule has 2 heteroatoms. The average molecular weight is 276 g/mol. The lowest BCUT2D eigenvalue weighted by molar-refractivity contribution is -0.145. The molecule has 2 nitrogen and oxygen atoms in total. The highest BCUT2D eigenvalue weighted by molar-refractivity contribution is 5.69. The molecule has 1 aromatic rings. The summed E-state index contributed by atoms with van der Waals surface area (Å²) in [5.41, 5.74) is 2.38. The largest absolute Gasteiger partial charge is 0.461 e. The smallest absolute Gasteiger partial charge is 0.306 e. The highest BCUT2D eigenvalue weighted by atomic mass is 16.5. The van der Waals surface area contributed by atoms with Gasteiger partial charge >= 0.3 is 5.97 Å². The number of carbonyl (C=O) groups is 1. The molecule has 1 aromatic carbocycles. The molecule has 0 saturated carbocycles. The summed E-state index contributed by atoms with van der Waals surface area (Å²) < 4.78 is 5.29. The zero-order chi connectivity index (χ0) is 14.6. The number of carbonyl (C=O) groups excluding carboxylic acids is 1. The molecule has 0 N–H and O–H groups in total. The van der Waals surface area contributed by atoms with E-state index >= 15 is 0 Å². The van der Waals surface area contributed by atoms with Crippen LogP contribution in [0.25, 0.3) is 0 Å². The molecule has 0 heterocycles. The van der Waals surface area contributed by atoms with Crippen molar-refractivity contribution in [2.75, 3.05) is 0 Å². The first-order chi connectivity index (χ1) is 9.76. The predicted octanol–water partition coefficient (Wildman–Crippen LogP) is 5.04. The first-order valence-corrected chi connectivity index (χ1v) is 7.99. The van der Waals surface area contributed by atoms with E-state index < -0.39 is 0 Å². The van der Waals surface area contributed by atoms with E-state index in [9.17, 15) is 4.79 Å². The fourth-order valence-electron chi connectivity index (χ4n) is 2.16. The maximum absolute atomic E-state index is 11.6. The lowest BCUT2D eigenvalue weighted by Gasteiger charge is -2.06. The van der Waals surface area contributed by atoms with Crippen LogP contribution in [0, 0.1) is 0 Å². The highest BCUT2D eigenvalue weighted by Crippen LogP contribution is 2.09. The Morgan fingerprint density at radius 1 is 0.900 bits per heavy atom. The molecule has 0 radical (unpaired) electrons. The molecule has 0 aliphatic carbocycles. The SMILES string of the molecule is CCCCCCCCC(=O)OCc1ccc(CC)cc1. The van der Waals surface area contributed by atoms with E-state index in [1.54, 1.807) is 0 Å². The Bertz CT molecular complexity index is 368. The molecule has 20 heavy (non-hydrogen) atoms. The topological polar surface area (TPSA) is 26.3 Å². The summed E-state index contributed by atoms with van der Waals surface area (Å²) >= 11 is 0. The zero-order valence-corrected chi connectivity index (χ0v) is 13.0. The van der Waals surface area contributed by atoms with Gasteiger partial charge in [-0.3, -0.25) is 4.79 Å². The molecule has 0 unspecified atom stereocenters. The zero-order valence-electron chi connectivity index (χ0n) is 13.0. The Labute approximate surface area is 123 Å². The Hall–Kier alpha value is -1.31. The maximum Gasteiger partial charge on any atom is 0.306 e. The van der Waals surface area contributed by atoms with Crippen molar-refractivity contribution in [2.24, 2.45) is 0 Å². The Morgan fingerprint density at radius 3 is 2.15 bits per heavy atom. The highest BCUT2D eigenvalue weighted by Gasteiger charge is 2.03. The van der Waals surface area contributed by atoms with Crippen LogP contribution < -0.4 is 0 Å². The third-order valence-corrected chi connectivity index (χ3v) is 3.57. The third-order valence-electron chi connectivity index (χ3n) is 3.57. The van der Waals surface area contributed by atoms with Gasteiger partial charge in [0.05, 0.1) is 0 Å². The van der Waals surface area contributed by atoms with Crippen molar-refractivity contribution in [2.45, 2.75) is 71.8 Å². The summed E-state index contributed by atoms with van der Waals surface area (Å²) in [5, 5.41) is 0. The van der Waals surface area contributed by atoms with Crippen molar-refractivity contribution in [3.63, 3.8) is 0 Å². The summed E-state index contributed by atoms with van der Waals surface area (Å²) in [6.45, 7) is 4.75. The number of ether oxygens (including phenoxy) is 1. The Balaban J connectivity index is 2.10. The minimum absolute atomic E-state index is 0.0694. The molecule has 0 spiro atoms. The number of benzene rings is 1. The van der Waals surface area contributed by atoms with Gasteiger partial charge in [-0.25, -0.2) is 0 Å². The fraction of sp³-hybridized carbons (Fsp3) is 0.611. The number of aryl methyl sites for hydroxylation is 1. The van der Waals surface area contributed by atoms with E-state index in [1.807, 2.05) is 12.1 Å². The molecular formula is C18H28O2. The minimum atomic E-state index is -0.0694. The van der Waals surface area contributed by atoms with Crippen LogP contribution in [0.3, 0.4) is 0 Å². The molecule has 0 bridgehead atoms. The van der Waals surface area contributed by atoms with Crippen LogP contribution in [0.5, 0.6) is 0 Å². The van der Waals surface area contributed by atoms with Gasteiger partial charge in [0, 0.05) is 6.42 Å². The van der Waals surface area contributed by atoms with E-state index in [4.69, 9.17) is 4.74 Å².